The molecule has 0 atom stereocenters. The maximum atomic E-state index is 10.9. The van der Waals surface area contributed by atoms with Crippen molar-refractivity contribution >= 4 is 5.91 Å². The van der Waals surface area contributed by atoms with Gasteiger partial charge in [-0.2, -0.15) is 5.01 Å². The first-order chi connectivity index (χ1) is 4.04. The number of carbonyl (C=O) groups excluding carboxylic acids is 1. The van der Waals surface area contributed by atoms with Crippen LogP contribution in [0.2, 0.25) is 0 Å². The lowest BCUT2D eigenvalue weighted by Crippen LogP contribution is -2.48. The molecule has 1 aliphatic rings. The zero-order chi connectivity index (χ0) is 7.07. The Morgan fingerprint density at radius 2 is 2.11 bits per heavy atom. The number of carbonyl (C=O) groups is 1. The van der Waals surface area contributed by atoms with E-state index in [4.69, 9.17) is 0 Å². The molecule has 9 heavy (non-hydrogen) atoms. The molecular weight excluding hydrogens is 116 g/mol. The zero-order valence-electron chi connectivity index (χ0n) is 6.22. The minimum absolute atomic E-state index is 0.250. The second-order valence-electron chi connectivity index (χ2n) is 3.01. The molecule has 0 aromatic heterocycles. The first kappa shape index (κ1) is 6.55. The van der Waals surface area contributed by atoms with Crippen LogP contribution in [0.15, 0.2) is 0 Å². The molecule has 1 saturated heterocycles. The minimum Gasteiger partial charge on any atom is -0.270 e. The predicted octanol–water partition coefficient (Wildman–Crippen LogP) is -0.160. The van der Waals surface area contributed by atoms with Crippen molar-refractivity contribution in [3.63, 3.8) is 0 Å². The molecule has 1 fully saturated rings. The SMILES string of the molecule is CN1C(=O)CC[N+]1(C)C. The van der Waals surface area contributed by atoms with Crippen LogP contribution in [0.5, 0.6) is 0 Å². The Morgan fingerprint density at radius 1 is 1.56 bits per heavy atom. The van der Waals surface area contributed by atoms with E-state index >= 15 is 0 Å². The first-order valence-corrected chi connectivity index (χ1v) is 3.14. The maximum absolute atomic E-state index is 10.9. The Hall–Kier alpha value is -0.570. The monoisotopic (exact) mass is 129 g/mol. The lowest BCUT2D eigenvalue weighted by molar-refractivity contribution is -0.977. The third-order valence-corrected chi connectivity index (χ3v) is 2.05. The summed E-state index contributed by atoms with van der Waals surface area (Å²) in [7, 11) is 5.91. The van der Waals surface area contributed by atoms with Gasteiger partial charge in [-0.1, -0.05) is 0 Å². The third kappa shape index (κ3) is 0.920. The van der Waals surface area contributed by atoms with Crippen molar-refractivity contribution in [2.24, 2.45) is 0 Å². The highest BCUT2D eigenvalue weighted by Gasteiger charge is 2.34. The maximum Gasteiger partial charge on any atom is 0.273 e. The zero-order valence-corrected chi connectivity index (χ0v) is 6.22. The van der Waals surface area contributed by atoms with Crippen LogP contribution < -0.4 is 0 Å². The van der Waals surface area contributed by atoms with Gasteiger partial charge in [-0.15, -0.1) is 0 Å². The van der Waals surface area contributed by atoms with E-state index in [0.29, 0.717) is 11.0 Å². The standard InChI is InChI=1S/C6H13N2O/c1-7-6(9)4-5-8(7,2)3/h4-5H2,1-3H3/q+1. The van der Waals surface area contributed by atoms with Crippen LogP contribution in [0.1, 0.15) is 6.42 Å². The van der Waals surface area contributed by atoms with E-state index < -0.39 is 0 Å². The van der Waals surface area contributed by atoms with E-state index in [1.54, 1.807) is 5.01 Å². The molecule has 3 nitrogen and oxygen atoms in total. The van der Waals surface area contributed by atoms with Crippen molar-refractivity contribution < 1.29 is 9.39 Å². The molecule has 0 aromatic carbocycles. The predicted molar refractivity (Wildman–Crippen MR) is 34.4 cm³/mol. The Bertz CT molecular complexity index is 142. The molecule has 3 heteroatoms. The summed E-state index contributed by atoms with van der Waals surface area (Å²) in [6.45, 7) is 0.940. The normalized spacial score (nSPS) is 25.2. The molecule has 0 aliphatic carbocycles. The topological polar surface area (TPSA) is 20.3 Å². The molecule has 0 bridgehead atoms. The summed E-state index contributed by atoms with van der Waals surface area (Å²) >= 11 is 0. The van der Waals surface area contributed by atoms with Crippen LogP contribution in [-0.2, 0) is 4.79 Å². The van der Waals surface area contributed by atoms with Crippen LogP contribution in [0, 0.1) is 0 Å². The number of amides is 1. The average Bonchev–Trinajstić information content (AvgIpc) is 1.97. The quantitative estimate of drug-likeness (QED) is 0.416. The van der Waals surface area contributed by atoms with Crippen molar-refractivity contribution in [1.82, 2.24) is 5.01 Å². The molecule has 1 aliphatic heterocycles. The lowest BCUT2D eigenvalue weighted by Gasteiger charge is -2.29. The van der Waals surface area contributed by atoms with E-state index in [-0.39, 0.29) is 5.91 Å². The molecule has 0 radical (unpaired) electrons. The minimum atomic E-state index is 0.250. The van der Waals surface area contributed by atoms with E-state index in [9.17, 15) is 4.79 Å². The molecule has 52 valence electrons. The molecule has 0 spiro atoms. The van der Waals surface area contributed by atoms with Crippen molar-refractivity contribution in [2.75, 3.05) is 27.7 Å². The summed E-state index contributed by atoms with van der Waals surface area (Å²) < 4.78 is 0.707. The Morgan fingerprint density at radius 3 is 2.22 bits per heavy atom. The fourth-order valence-corrected chi connectivity index (χ4v) is 0.983. The largest absolute Gasteiger partial charge is 0.273 e. The number of quaternary nitrogens is 1. The van der Waals surface area contributed by atoms with Gasteiger partial charge in [0.25, 0.3) is 5.91 Å². The van der Waals surface area contributed by atoms with Crippen molar-refractivity contribution in [1.29, 1.82) is 0 Å². The van der Waals surface area contributed by atoms with E-state index in [1.807, 2.05) is 21.1 Å². The Labute approximate surface area is 55.4 Å². The number of rotatable bonds is 0. The highest BCUT2D eigenvalue weighted by molar-refractivity contribution is 5.75. The summed E-state index contributed by atoms with van der Waals surface area (Å²) in [6.07, 6.45) is 0.698. The number of hydrogen-bond donors (Lipinski definition) is 0. The van der Waals surface area contributed by atoms with E-state index in [1.165, 1.54) is 0 Å². The summed E-state index contributed by atoms with van der Waals surface area (Å²) in [5.74, 6) is 0.250. The van der Waals surface area contributed by atoms with Crippen LogP contribution in [0.25, 0.3) is 0 Å². The fraction of sp³-hybridized carbons (Fsp3) is 0.833. The molecule has 0 aromatic rings. The Balaban J connectivity index is 2.73. The van der Waals surface area contributed by atoms with Gasteiger partial charge >= 0.3 is 0 Å². The van der Waals surface area contributed by atoms with Gasteiger partial charge in [0.1, 0.15) is 6.54 Å². The second-order valence-corrected chi connectivity index (χ2v) is 3.01. The highest BCUT2D eigenvalue weighted by Crippen LogP contribution is 2.13. The summed E-state index contributed by atoms with van der Waals surface area (Å²) in [5, 5.41) is 1.76. The molecule has 1 amide bonds. The van der Waals surface area contributed by atoms with Gasteiger partial charge in [0.05, 0.1) is 27.6 Å². The fourth-order valence-electron chi connectivity index (χ4n) is 0.983. The average molecular weight is 129 g/mol. The summed E-state index contributed by atoms with van der Waals surface area (Å²) in [4.78, 5) is 10.9. The van der Waals surface area contributed by atoms with Gasteiger partial charge in [0.2, 0.25) is 0 Å². The molecule has 0 N–H and O–H groups in total. The van der Waals surface area contributed by atoms with Crippen molar-refractivity contribution in [2.45, 2.75) is 6.42 Å². The van der Waals surface area contributed by atoms with Crippen molar-refractivity contribution in [3.05, 3.63) is 0 Å². The van der Waals surface area contributed by atoms with Gasteiger partial charge in [-0.25, -0.2) is 4.59 Å². The molecule has 1 rings (SSSR count). The number of hydrogen-bond acceptors (Lipinski definition) is 1. The van der Waals surface area contributed by atoms with Crippen molar-refractivity contribution in [3.8, 4) is 0 Å². The highest BCUT2D eigenvalue weighted by atomic mass is 16.2. The molecule has 1 heterocycles. The molecule has 0 saturated carbocycles. The number of nitrogens with zero attached hydrogens (tertiary/aromatic N) is 2. The smallest absolute Gasteiger partial charge is 0.270 e. The van der Waals surface area contributed by atoms with Gasteiger partial charge in [0, 0.05) is 0 Å². The third-order valence-electron chi connectivity index (χ3n) is 2.05. The van der Waals surface area contributed by atoms with E-state index in [2.05, 4.69) is 0 Å². The molecule has 0 unspecified atom stereocenters. The summed E-state index contributed by atoms with van der Waals surface area (Å²) in [6, 6.07) is 0. The van der Waals surface area contributed by atoms with Crippen LogP contribution >= 0.6 is 0 Å². The van der Waals surface area contributed by atoms with Crippen LogP contribution in [-0.4, -0.2) is 43.2 Å². The Kier molecular flexibility index (Phi) is 1.24. The summed E-state index contributed by atoms with van der Waals surface area (Å²) in [5.41, 5.74) is 0. The van der Waals surface area contributed by atoms with Gasteiger partial charge in [-0.05, 0) is 0 Å². The van der Waals surface area contributed by atoms with Gasteiger partial charge < -0.3 is 0 Å². The molecular formula is C6H13N2O+. The van der Waals surface area contributed by atoms with E-state index in [0.717, 1.165) is 6.54 Å². The van der Waals surface area contributed by atoms with Gasteiger partial charge in [-0.3, -0.25) is 4.79 Å². The lowest BCUT2D eigenvalue weighted by atomic mass is 10.4. The first-order valence-electron chi connectivity index (χ1n) is 3.14. The second kappa shape index (κ2) is 1.70. The van der Waals surface area contributed by atoms with Crippen LogP contribution in [0.3, 0.4) is 0 Å². The van der Waals surface area contributed by atoms with Crippen LogP contribution in [0.4, 0.5) is 0 Å². The van der Waals surface area contributed by atoms with Gasteiger partial charge in [0.15, 0.2) is 0 Å².